The number of hydrogen-bond donors (Lipinski definition) is 0. The minimum Gasteiger partial charge on any atom is -0.456 e. The van der Waals surface area contributed by atoms with Crippen LogP contribution in [0.2, 0.25) is 0 Å². The Morgan fingerprint density at radius 3 is 1.79 bits per heavy atom. The van der Waals surface area contributed by atoms with Crippen LogP contribution < -0.4 is 0 Å². The molecule has 9 aromatic carbocycles. The largest absolute Gasteiger partial charge is 0.456 e. The fourth-order valence-corrected chi connectivity index (χ4v) is 7.29. The van der Waals surface area contributed by atoms with E-state index in [0.29, 0.717) is 33.4 Å². The highest BCUT2D eigenvalue weighted by Crippen LogP contribution is 2.46. The molecule has 10 aromatic rings. The van der Waals surface area contributed by atoms with Crippen molar-refractivity contribution in [3.8, 4) is 33.4 Å². The van der Waals surface area contributed by atoms with E-state index in [0.717, 1.165) is 43.4 Å². The van der Waals surface area contributed by atoms with Crippen molar-refractivity contribution in [3.05, 3.63) is 170 Å². The van der Waals surface area contributed by atoms with Crippen molar-refractivity contribution >= 4 is 65.0 Å². The van der Waals surface area contributed by atoms with E-state index in [1.54, 1.807) is 30.3 Å². The summed E-state index contributed by atoms with van der Waals surface area (Å²) in [7, 11) is 0. The minimum atomic E-state index is -0.432. The van der Waals surface area contributed by atoms with E-state index in [2.05, 4.69) is 48.5 Å². The zero-order chi connectivity index (χ0) is 37.9. The highest BCUT2D eigenvalue weighted by Gasteiger charge is 2.19. The summed E-state index contributed by atoms with van der Waals surface area (Å²) in [5, 5.41) is 6.86. The lowest BCUT2D eigenvalue weighted by atomic mass is 9.85. The molecule has 1 heterocycles. The summed E-state index contributed by atoms with van der Waals surface area (Å²) < 4.78 is 78.5. The number of benzene rings is 9. The second kappa shape index (κ2) is 10.2. The highest BCUT2D eigenvalue weighted by atomic mass is 16.3. The molecule has 0 radical (unpaired) electrons. The normalized spacial score (nSPS) is 14.2. The van der Waals surface area contributed by atoms with Gasteiger partial charge in [-0.3, -0.25) is 0 Å². The lowest BCUT2D eigenvalue weighted by Crippen LogP contribution is -1.90. The average Bonchev–Trinajstić information content (AvgIpc) is 3.60. The summed E-state index contributed by atoms with van der Waals surface area (Å²) in [6.07, 6.45) is 0. The van der Waals surface area contributed by atoms with Crippen LogP contribution in [-0.2, 0) is 0 Å². The molecule has 0 amide bonds. The first kappa shape index (κ1) is 19.4. The van der Waals surface area contributed by atoms with Gasteiger partial charge < -0.3 is 4.42 Å². The van der Waals surface area contributed by atoms with Gasteiger partial charge in [0.05, 0.1) is 11.0 Å². The highest BCUT2D eigenvalue weighted by molar-refractivity contribution is 6.23. The molecule has 0 unspecified atom stereocenters. The Kier molecular flexibility index (Phi) is 4.19. The summed E-state index contributed by atoms with van der Waals surface area (Å²) in [5.74, 6) is 0. The molecule has 1 heteroatoms. The molecule has 0 bridgehead atoms. The molecule has 0 N–H and O–H groups in total. The van der Waals surface area contributed by atoms with Crippen molar-refractivity contribution in [3.63, 3.8) is 0 Å². The van der Waals surface area contributed by atoms with Gasteiger partial charge in [0.15, 0.2) is 0 Å². The molecule has 10 rings (SSSR count). The van der Waals surface area contributed by atoms with Crippen LogP contribution in [0.4, 0.5) is 0 Å². The molecule has 0 aliphatic rings. The van der Waals surface area contributed by atoms with Crippen LogP contribution in [0.3, 0.4) is 0 Å². The molecule has 1 nitrogen and oxygen atoms in total. The number of hydrogen-bond acceptors (Lipinski definition) is 1. The molecule has 218 valence electrons. The van der Waals surface area contributed by atoms with Crippen molar-refractivity contribution in [2.75, 3.05) is 0 Å². The predicted molar refractivity (Wildman–Crippen MR) is 200 cm³/mol. The second-order valence-electron chi connectivity index (χ2n) is 11.8. The van der Waals surface area contributed by atoms with Gasteiger partial charge in [-0.15, -0.1) is 0 Å². The third-order valence-corrected chi connectivity index (χ3v) is 9.30. The number of furan rings is 1. The first-order valence-electron chi connectivity index (χ1n) is 19.5. The van der Waals surface area contributed by atoms with Gasteiger partial charge in [0.1, 0.15) is 11.2 Å². The molecule has 47 heavy (non-hydrogen) atoms. The van der Waals surface area contributed by atoms with Crippen LogP contribution in [0, 0.1) is 0 Å². The zero-order valence-corrected chi connectivity index (χ0v) is 25.0. The molecule has 0 aliphatic heterocycles. The van der Waals surface area contributed by atoms with E-state index in [1.807, 2.05) is 42.5 Å². The standard InChI is InChI=1S/C46H28O/c1-2-13-30(14-3-1)44-37-16-6-8-18-39(37)45(40-19-9-7-17-38(40)44)31-25-27-42-41(28-31)46-36(22-11-23-43(46)47-42)34-21-10-20-33-32-15-5-4-12-29(32)24-26-35(33)34/h1-28H/i6D,7D,8D,9D,16D,17D,18D,19D. The third kappa shape index (κ3) is 3.90. The molecular formula is C46H28O. The Hall–Kier alpha value is -6.18. The van der Waals surface area contributed by atoms with Crippen LogP contribution in [-0.4, -0.2) is 0 Å². The zero-order valence-electron chi connectivity index (χ0n) is 33.0. The number of rotatable bonds is 3. The van der Waals surface area contributed by atoms with Gasteiger partial charge in [0, 0.05) is 10.8 Å². The molecular weight excluding hydrogens is 569 g/mol. The third-order valence-electron chi connectivity index (χ3n) is 9.30. The van der Waals surface area contributed by atoms with Gasteiger partial charge in [-0.25, -0.2) is 0 Å². The average molecular weight is 605 g/mol. The maximum atomic E-state index is 9.31. The van der Waals surface area contributed by atoms with Gasteiger partial charge >= 0.3 is 0 Å². The molecule has 1 aromatic heterocycles. The molecule has 0 spiro atoms. The fourth-order valence-electron chi connectivity index (χ4n) is 7.29. The van der Waals surface area contributed by atoms with Crippen molar-refractivity contribution in [2.24, 2.45) is 0 Å². The molecule has 0 aliphatic carbocycles. The van der Waals surface area contributed by atoms with Crippen LogP contribution in [0.25, 0.3) is 98.4 Å². The SMILES string of the molecule is [2H]c1c([2H])c([2H])c2c(-c3ccc4oc5cccc(-c6cccc7c6ccc6ccccc67)c5c4c3)c3c([2H])c([2H])c([2H])c([2H])c3c(-c3ccccc3)c2c1[2H]. The van der Waals surface area contributed by atoms with E-state index in [4.69, 9.17) is 9.90 Å². The van der Waals surface area contributed by atoms with E-state index >= 15 is 0 Å². The lowest BCUT2D eigenvalue weighted by Gasteiger charge is -2.17. The van der Waals surface area contributed by atoms with E-state index in [-0.39, 0.29) is 45.7 Å². The Labute approximate surface area is 283 Å². The first-order valence-corrected chi connectivity index (χ1v) is 15.5. The van der Waals surface area contributed by atoms with Crippen molar-refractivity contribution in [2.45, 2.75) is 0 Å². The van der Waals surface area contributed by atoms with Crippen LogP contribution in [0.1, 0.15) is 11.0 Å². The van der Waals surface area contributed by atoms with Gasteiger partial charge in [0.25, 0.3) is 0 Å². The van der Waals surface area contributed by atoms with Crippen molar-refractivity contribution in [1.29, 1.82) is 0 Å². The Balaban J connectivity index is 1.37. The van der Waals surface area contributed by atoms with Crippen LogP contribution in [0.5, 0.6) is 0 Å². The Bertz CT molecular complexity index is 3220. The Morgan fingerprint density at radius 2 is 1.02 bits per heavy atom. The maximum absolute atomic E-state index is 9.31. The maximum Gasteiger partial charge on any atom is 0.136 e. The van der Waals surface area contributed by atoms with Gasteiger partial charge in [-0.05, 0) is 94.7 Å². The quantitative estimate of drug-likeness (QED) is 0.144. The molecule has 0 saturated carbocycles. The topological polar surface area (TPSA) is 13.1 Å². The minimum absolute atomic E-state index is 0.177. The Morgan fingerprint density at radius 1 is 0.383 bits per heavy atom. The van der Waals surface area contributed by atoms with E-state index in [1.165, 1.54) is 0 Å². The molecule has 0 fully saturated rings. The fraction of sp³-hybridized carbons (Fsp3) is 0. The molecule has 0 saturated heterocycles. The second-order valence-corrected chi connectivity index (χ2v) is 11.8. The van der Waals surface area contributed by atoms with Crippen LogP contribution >= 0.6 is 0 Å². The van der Waals surface area contributed by atoms with Gasteiger partial charge in [0.2, 0.25) is 0 Å². The lowest BCUT2D eigenvalue weighted by molar-refractivity contribution is 0.669. The van der Waals surface area contributed by atoms with Crippen molar-refractivity contribution in [1.82, 2.24) is 0 Å². The summed E-state index contributed by atoms with van der Waals surface area (Å²) in [6.45, 7) is 0. The number of fused-ring (bicyclic) bond motifs is 8. The summed E-state index contributed by atoms with van der Waals surface area (Å²) >= 11 is 0. The first-order chi connectivity index (χ1) is 26.7. The van der Waals surface area contributed by atoms with Gasteiger partial charge in [-0.2, -0.15) is 0 Å². The summed E-state index contributed by atoms with van der Waals surface area (Å²) in [5.41, 5.74) is 4.97. The molecule has 0 atom stereocenters. The predicted octanol–water partition coefficient (Wildman–Crippen LogP) is 13.2. The smallest absolute Gasteiger partial charge is 0.136 e. The van der Waals surface area contributed by atoms with Crippen molar-refractivity contribution < 1.29 is 15.4 Å². The van der Waals surface area contributed by atoms with Crippen LogP contribution in [0.15, 0.2) is 174 Å². The van der Waals surface area contributed by atoms with Gasteiger partial charge in [-0.1, -0.05) is 151 Å². The van der Waals surface area contributed by atoms with E-state index in [9.17, 15) is 5.48 Å². The monoisotopic (exact) mass is 604 g/mol. The summed E-state index contributed by atoms with van der Waals surface area (Å²) in [6, 6.07) is 36.5. The van der Waals surface area contributed by atoms with E-state index < -0.39 is 24.2 Å². The summed E-state index contributed by atoms with van der Waals surface area (Å²) in [4.78, 5) is 0.